The molecule has 0 aromatic carbocycles. The molecule has 0 saturated carbocycles. The number of rotatable bonds is 2. The Labute approximate surface area is 54.6 Å². The molecule has 0 atom stereocenters. The number of aliphatic imine (C=N–C) groups is 1. The van der Waals surface area contributed by atoms with E-state index in [4.69, 9.17) is 0 Å². The maximum absolute atomic E-state index is 12.3. The molecule has 0 heterocycles. The third-order valence-electron chi connectivity index (χ3n) is 0.872. The first-order chi connectivity index (χ1) is 4.20. The smallest absolute Gasteiger partial charge is 0.120 e. The fourth-order valence-electron chi connectivity index (χ4n) is 0.329. The van der Waals surface area contributed by atoms with Gasteiger partial charge in [-0.15, -0.1) is 0 Å². The van der Waals surface area contributed by atoms with Crippen LogP contribution in [0.4, 0.5) is 4.39 Å². The van der Waals surface area contributed by atoms with Gasteiger partial charge in [0.2, 0.25) is 0 Å². The highest BCUT2D eigenvalue weighted by molar-refractivity contribution is 5.30. The molecular weight excluding hydrogens is 117 g/mol. The second-order valence-corrected chi connectivity index (χ2v) is 1.62. The summed E-state index contributed by atoms with van der Waals surface area (Å²) in [4.78, 5) is 3.51. The molecule has 50 valence electrons. The summed E-state index contributed by atoms with van der Waals surface area (Å²) in [7, 11) is 0. The lowest BCUT2D eigenvalue weighted by Crippen LogP contribution is -1.68. The summed E-state index contributed by atoms with van der Waals surface area (Å²) >= 11 is 0. The fraction of sp³-hybridized carbons (Fsp3) is 0.286. The Morgan fingerprint density at radius 3 is 2.56 bits per heavy atom. The van der Waals surface area contributed by atoms with E-state index in [0.717, 1.165) is 0 Å². The van der Waals surface area contributed by atoms with E-state index in [1.807, 2.05) is 0 Å². The lowest BCUT2D eigenvalue weighted by molar-refractivity contribution is 0.663. The molecule has 0 rings (SSSR count). The van der Waals surface area contributed by atoms with E-state index in [-0.39, 0.29) is 5.83 Å². The van der Waals surface area contributed by atoms with Gasteiger partial charge in [0.05, 0.1) is 0 Å². The summed E-state index contributed by atoms with van der Waals surface area (Å²) in [5.41, 5.74) is 0.589. The Bertz CT molecular complexity index is 156. The molecule has 0 aliphatic rings. The van der Waals surface area contributed by atoms with Crippen LogP contribution >= 0.6 is 0 Å². The Morgan fingerprint density at radius 1 is 1.67 bits per heavy atom. The molecule has 0 N–H and O–H groups in total. The van der Waals surface area contributed by atoms with Gasteiger partial charge < -0.3 is 0 Å². The first-order valence-corrected chi connectivity index (χ1v) is 2.67. The molecule has 0 saturated heterocycles. The van der Waals surface area contributed by atoms with E-state index in [1.165, 1.54) is 12.2 Å². The monoisotopic (exact) mass is 127 g/mol. The minimum atomic E-state index is -0.278. The summed E-state index contributed by atoms with van der Waals surface area (Å²) in [5.74, 6) is -0.278. The number of hydrogen-bond donors (Lipinski definition) is 0. The number of halogens is 1. The standard InChI is InChI=1S/C7H10FN/c1-4-7(8)5-6(2)9-3/h4-5H,3H2,1-2H3/b6-5-,7-4+. The Balaban J connectivity index is 4.11. The molecule has 0 amide bonds. The summed E-state index contributed by atoms with van der Waals surface area (Å²) in [6.45, 7) is 6.55. The lowest BCUT2D eigenvalue weighted by Gasteiger charge is -1.86. The highest BCUT2D eigenvalue weighted by Crippen LogP contribution is 2.02. The minimum absolute atomic E-state index is 0.278. The zero-order valence-corrected chi connectivity index (χ0v) is 5.69. The molecule has 2 heteroatoms. The Kier molecular flexibility index (Phi) is 3.60. The molecular formula is C7H10FN. The van der Waals surface area contributed by atoms with Crippen LogP contribution in [0.25, 0.3) is 0 Å². The first kappa shape index (κ1) is 8.08. The van der Waals surface area contributed by atoms with Crippen LogP contribution in [0.1, 0.15) is 13.8 Å². The predicted molar refractivity (Wildman–Crippen MR) is 38.2 cm³/mol. The molecule has 0 fully saturated rings. The van der Waals surface area contributed by atoms with E-state index < -0.39 is 0 Å². The second-order valence-electron chi connectivity index (χ2n) is 1.62. The van der Waals surface area contributed by atoms with Crippen molar-refractivity contribution in [2.24, 2.45) is 4.99 Å². The second kappa shape index (κ2) is 4.01. The van der Waals surface area contributed by atoms with Crippen LogP contribution in [0, 0.1) is 0 Å². The van der Waals surface area contributed by atoms with E-state index >= 15 is 0 Å². The molecule has 0 aromatic rings. The van der Waals surface area contributed by atoms with Gasteiger partial charge in [-0.2, -0.15) is 0 Å². The average molecular weight is 127 g/mol. The topological polar surface area (TPSA) is 12.4 Å². The van der Waals surface area contributed by atoms with Gasteiger partial charge in [-0.3, -0.25) is 4.99 Å². The molecule has 1 nitrogen and oxygen atoms in total. The highest BCUT2D eigenvalue weighted by Gasteiger charge is 1.85. The van der Waals surface area contributed by atoms with Gasteiger partial charge in [-0.05, 0) is 26.6 Å². The molecule has 0 unspecified atom stereocenters. The molecule has 9 heavy (non-hydrogen) atoms. The minimum Gasteiger partial charge on any atom is -0.269 e. The van der Waals surface area contributed by atoms with Crippen LogP contribution in [0.2, 0.25) is 0 Å². The zero-order valence-electron chi connectivity index (χ0n) is 5.69. The van der Waals surface area contributed by atoms with Crippen molar-refractivity contribution in [2.45, 2.75) is 13.8 Å². The van der Waals surface area contributed by atoms with Gasteiger partial charge in [-0.25, -0.2) is 4.39 Å². The fourth-order valence-corrected chi connectivity index (χ4v) is 0.329. The van der Waals surface area contributed by atoms with Crippen molar-refractivity contribution in [1.29, 1.82) is 0 Å². The van der Waals surface area contributed by atoms with Gasteiger partial charge >= 0.3 is 0 Å². The molecule has 0 aliphatic carbocycles. The van der Waals surface area contributed by atoms with E-state index in [2.05, 4.69) is 11.7 Å². The van der Waals surface area contributed by atoms with Crippen molar-refractivity contribution >= 4 is 6.72 Å². The Hall–Kier alpha value is -0.920. The van der Waals surface area contributed by atoms with Crippen LogP contribution in [0.3, 0.4) is 0 Å². The van der Waals surface area contributed by atoms with Crippen LogP contribution in [-0.4, -0.2) is 6.72 Å². The number of allylic oxidation sites excluding steroid dienone is 4. The van der Waals surface area contributed by atoms with Crippen molar-refractivity contribution in [1.82, 2.24) is 0 Å². The van der Waals surface area contributed by atoms with E-state index in [1.54, 1.807) is 13.8 Å². The summed E-state index contributed by atoms with van der Waals surface area (Å²) in [6.07, 6.45) is 2.70. The van der Waals surface area contributed by atoms with Crippen molar-refractivity contribution < 1.29 is 4.39 Å². The lowest BCUT2D eigenvalue weighted by atomic mass is 10.4. The maximum Gasteiger partial charge on any atom is 0.120 e. The summed E-state index contributed by atoms with van der Waals surface area (Å²) < 4.78 is 12.3. The number of hydrogen-bond acceptors (Lipinski definition) is 1. The number of nitrogens with zero attached hydrogens (tertiary/aromatic N) is 1. The SMILES string of the molecule is C=N/C(C)=C\C(F)=C/C. The van der Waals surface area contributed by atoms with Crippen LogP contribution in [0.15, 0.2) is 28.7 Å². The first-order valence-electron chi connectivity index (χ1n) is 2.67. The van der Waals surface area contributed by atoms with Crippen LogP contribution in [0.5, 0.6) is 0 Å². The molecule has 0 radical (unpaired) electrons. The quantitative estimate of drug-likeness (QED) is 0.399. The van der Waals surface area contributed by atoms with Gasteiger partial charge in [0.15, 0.2) is 0 Å². The van der Waals surface area contributed by atoms with Crippen molar-refractivity contribution in [3.8, 4) is 0 Å². The van der Waals surface area contributed by atoms with Gasteiger partial charge in [0.1, 0.15) is 5.83 Å². The van der Waals surface area contributed by atoms with E-state index in [9.17, 15) is 4.39 Å². The van der Waals surface area contributed by atoms with Crippen molar-refractivity contribution in [3.63, 3.8) is 0 Å². The molecule has 0 spiro atoms. The van der Waals surface area contributed by atoms with Gasteiger partial charge in [0, 0.05) is 5.70 Å². The maximum atomic E-state index is 12.3. The normalized spacial score (nSPS) is 13.7. The van der Waals surface area contributed by atoms with E-state index in [0.29, 0.717) is 5.70 Å². The van der Waals surface area contributed by atoms with Crippen molar-refractivity contribution in [2.75, 3.05) is 0 Å². The zero-order chi connectivity index (χ0) is 7.28. The van der Waals surface area contributed by atoms with Gasteiger partial charge in [0.25, 0.3) is 0 Å². The average Bonchev–Trinajstić information content (AvgIpc) is 1.87. The van der Waals surface area contributed by atoms with Crippen molar-refractivity contribution in [3.05, 3.63) is 23.7 Å². The third-order valence-corrected chi connectivity index (χ3v) is 0.872. The largest absolute Gasteiger partial charge is 0.269 e. The molecule has 0 aliphatic heterocycles. The Morgan fingerprint density at radius 2 is 2.22 bits per heavy atom. The molecule has 0 bridgehead atoms. The summed E-state index contributed by atoms with van der Waals surface area (Å²) in [5, 5.41) is 0. The van der Waals surface area contributed by atoms with Crippen LogP contribution in [-0.2, 0) is 0 Å². The molecule has 0 aromatic heterocycles. The third kappa shape index (κ3) is 3.64. The predicted octanol–water partition coefficient (Wildman–Crippen LogP) is 2.46. The van der Waals surface area contributed by atoms with Gasteiger partial charge in [-0.1, -0.05) is 6.08 Å². The summed E-state index contributed by atoms with van der Waals surface area (Å²) in [6, 6.07) is 0. The highest BCUT2D eigenvalue weighted by atomic mass is 19.1. The van der Waals surface area contributed by atoms with Crippen LogP contribution < -0.4 is 0 Å².